The summed E-state index contributed by atoms with van der Waals surface area (Å²) in [4.78, 5) is 26.2. The zero-order valence-corrected chi connectivity index (χ0v) is 14.5. The first-order valence-electron chi connectivity index (χ1n) is 8.65. The molecule has 0 saturated heterocycles. The van der Waals surface area contributed by atoms with Gasteiger partial charge in [0, 0.05) is 44.0 Å². The zero-order chi connectivity index (χ0) is 18.7. The molecular formula is C19H21F2N3O2. The van der Waals surface area contributed by atoms with Crippen LogP contribution in [0.1, 0.15) is 41.9 Å². The molecule has 1 aromatic carbocycles. The Bertz CT molecular complexity index is 819. The van der Waals surface area contributed by atoms with E-state index in [1.54, 1.807) is 0 Å². The summed E-state index contributed by atoms with van der Waals surface area (Å²) in [5, 5.41) is 2.56. The van der Waals surface area contributed by atoms with Crippen molar-refractivity contribution in [3.63, 3.8) is 0 Å². The molecule has 0 saturated carbocycles. The van der Waals surface area contributed by atoms with Gasteiger partial charge in [-0.05, 0) is 37.6 Å². The molecule has 0 unspecified atom stereocenters. The van der Waals surface area contributed by atoms with Gasteiger partial charge in [-0.25, -0.2) is 8.78 Å². The molecule has 1 aliphatic rings. The van der Waals surface area contributed by atoms with Gasteiger partial charge in [0.05, 0.1) is 11.6 Å². The third-order valence-electron chi connectivity index (χ3n) is 4.69. The van der Waals surface area contributed by atoms with Crippen LogP contribution in [0.3, 0.4) is 0 Å². The lowest BCUT2D eigenvalue weighted by Crippen LogP contribution is -2.40. The van der Waals surface area contributed by atoms with Crippen molar-refractivity contribution in [1.82, 2.24) is 14.8 Å². The highest BCUT2D eigenvalue weighted by atomic mass is 19.1. The smallest absolute Gasteiger partial charge is 0.254 e. The van der Waals surface area contributed by atoms with Crippen molar-refractivity contribution in [3.8, 4) is 0 Å². The Balaban J connectivity index is 1.46. The van der Waals surface area contributed by atoms with E-state index in [-0.39, 0.29) is 24.1 Å². The fourth-order valence-electron chi connectivity index (χ4n) is 3.27. The average Bonchev–Trinajstić information content (AvgIpc) is 3.08. The molecule has 0 spiro atoms. The highest BCUT2D eigenvalue weighted by Gasteiger charge is 2.26. The molecule has 0 fully saturated rings. The largest absolute Gasteiger partial charge is 0.352 e. The third kappa shape index (κ3) is 3.76. The van der Waals surface area contributed by atoms with Gasteiger partial charge in [0.15, 0.2) is 0 Å². The highest BCUT2D eigenvalue weighted by molar-refractivity contribution is 5.94. The molecule has 1 N–H and O–H groups in total. The number of carbonyl (C=O) groups excluding carboxylic acids is 2. The number of benzene rings is 1. The molecule has 2 amide bonds. The van der Waals surface area contributed by atoms with Crippen LogP contribution in [0, 0.1) is 11.6 Å². The maximum absolute atomic E-state index is 13.6. The van der Waals surface area contributed by atoms with E-state index in [2.05, 4.69) is 9.88 Å². The van der Waals surface area contributed by atoms with Gasteiger partial charge in [-0.3, -0.25) is 9.59 Å². The minimum absolute atomic E-state index is 0.0224. The third-order valence-corrected chi connectivity index (χ3v) is 4.69. The number of hydrogen-bond acceptors (Lipinski definition) is 2. The standard InChI is InChI=1S/C19H21F2N3O2/c1-13-17-4-3-9-23(17)10-11-24(13)18(25)5-2-8-22-19(26)15-7-6-14(20)12-16(15)21/h3-4,6-7,9,12-13H,2,5,8,10-11H2,1H3,(H,22,26)/t13-/m0/s1. The average molecular weight is 361 g/mol. The fourth-order valence-corrected chi connectivity index (χ4v) is 3.27. The van der Waals surface area contributed by atoms with E-state index < -0.39 is 17.5 Å². The number of nitrogens with zero attached hydrogens (tertiary/aromatic N) is 2. The molecule has 1 aromatic heterocycles. The number of carbonyl (C=O) groups is 2. The normalized spacial score (nSPS) is 16.3. The van der Waals surface area contributed by atoms with Crippen LogP contribution in [0.2, 0.25) is 0 Å². The maximum atomic E-state index is 13.6. The first kappa shape index (κ1) is 18.1. The summed E-state index contributed by atoms with van der Waals surface area (Å²) in [6.07, 6.45) is 2.77. The number of halogens is 2. The molecule has 1 aliphatic heterocycles. The minimum Gasteiger partial charge on any atom is -0.352 e. The van der Waals surface area contributed by atoms with Crippen molar-refractivity contribution in [3.05, 3.63) is 59.4 Å². The van der Waals surface area contributed by atoms with Gasteiger partial charge in [-0.1, -0.05) is 0 Å². The summed E-state index contributed by atoms with van der Waals surface area (Å²) < 4.78 is 28.6. The molecule has 0 radical (unpaired) electrons. The van der Waals surface area contributed by atoms with Crippen LogP contribution in [-0.4, -0.2) is 34.4 Å². The summed E-state index contributed by atoms with van der Waals surface area (Å²) in [6.45, 7) is 3.69. The number of fused-ring (bicyclic) bond motifs is 1. The van der Waals surface area contributed by atoms with E-state index in [1.807, 2.05) is 30.2 Å². The number of amides is 2. The van der Waals surface area contributed by atoms with Gasteiger partial charge < -0.3 is 14.8 Å². The summed E-state index contributed by atoms with van der Waals surface area (Å²) in [6, 6.07) is 6.83. The Hall–Kier alpha value is -2.70. The topological polar surface area (TPSA) is 54.3 Å². The molecule has 0 bridgehead atoms. The van der Waals surface area contributed by atoms with Crippen LogP contribution in [0.4, 0.5) is 8.78 Å². The number of aromatic nitrogens is 1. The maximum Gasteiger partial charge on any atom is 0.254 e. The van der Waals surface area contributed by atoms with Crippen molar-refractivity contribution in [1.29, 1.82) is 0 Å². The SMILES string of the molecule is C[C@H]1c2cccn2CCN1C(=O)CCCNC(=O)c1ccc(F)cc1F. The van der Waals surface area contributed by atoms with E-state index in [0.717, 1.165) is 24.4 Å². The lowest BCUT2D eigenvalue weighted by molar-refractivity contribution is -0.134. The first-order chi connectivity index (χ1) is 12.5. The van der Waals surface area contributed by atoms with Crippen molar-refractivity contribution >= 4 is 11.8 Å². The van der Waals surface area contributed by atoms with E-state index in [4.69, 9.17) is 0 Å². The Kier molecular flexibility index (Phi) is 5.35. The molecule has 2 aromatic rings. The monoisotopic (exact) mass is 361 g/mol. The lowest BCUT2D eigenvalue weighted by Gasteiger charge is -2.35. The van der Waals surface area contributed by atoms with Crippen molar-refractivity contribution < 1.29 is 18.4 Å². The first-order valence-corrected chi connectivity index (χ1v) is 8.65. The summed E-state index contributed by atoms with van der Waals surface area (Å²) >= 11 is 0. The predicted octanol–water partition coefficient (Wildman–Crippen LogP) is 2.88. The molecule has 5 nitrogen and oxygen atoms in total. The molecular weight excluding hydrogens is 340 g/mol. The van der Waals surface area contributed by atoms with Crippen molar-refractivity contribution in [2.24, 2.45) is 0 Å². The van der Waals surface area contributed by atoms with Crippen LogP contribution in [0.15, 0.2) is 36.5 Å². The van der Waals surface area contributed by atoms with Crippen LogP contribution in [0.5, 0.6) is 0 Å². The van der Waals surface area contributed by atoms with E-state index in [1.165, 1.54) is 0 Å². The zero-order valence-electron chi connectivity index (χ0n) is 14.5. The van der Waals surface area contributed by atoms with E-state index in [9.17, 15) is 18.4 Å². The Morgan fingerprint density at radius 1 is 1.23 bits per heavy atom. The van der Waals surface area contributed by atoms with Crippen LogP contribution in [0.25, 0.3) is 0 Å². The van der Waals surface area contributed by atoms with Crippen molar-refractivity contribution in [2.75, 3.05) is 13.1 Å². The van der Waals surface area contributed by atoms with E-state index in [0.29, 0.717) is 25.5 Å². The molecule has 2 heterocycles. The second-order valence-corrected chi connectivity index (χ2v) is 6.37. The highest BCUT2D eigenvalue weighted by Crippen LogP contribution is 2.25. The quantitative estimate of drug-likeness (QED) is 0.833. The Morgan fingerprint density at radius 3 is 2.81 bits per heavy atom. The van der Waals surface area contributed by atoms with Gasteiger partial charge in [0.25, 0.3) is 5.91 Å². The Morgan fingerprint density at radius 2 is 2.04 bits per heavy atom. The summed E-state index contributed by atoms with van der Waals surface area (Å²) in [5.41, 5.74) is 0.910. The summed E-state index contributed by atoms with van der Waals surface area (Å²) in [7, 11) is 0. The van der Waals surface area contributed by atoms with Gasteiger partial charge in [-0.2, -0.15) is 0 Å². The van der Waals surface area contributed by atoms with Crippen LogP contribution >= 0.6 is 0 Å². The number of hydrogen-bond donors (Lipinski definition) is 1. The van der Waals surface area contributed by atoms with Crippen LogP contribution in [-0.2, 0) is 11.3 Å². The Labute approximate surface area is 150 Å². The molecule has 26 heavy (non-hydrogen) atoms. The molecule has 3 rings (SSSR count). The molecule has 7 heteroatoms. The minimum atomic E-state index is -0.899. The van der Waals surface area contributed by atoms with Gasteiger partial charge in [-0.15, -0.1) is 0 Å². The second kappa shape index (κ2) is 7.68. The van der Waals surface area contributed by atoms with Crippen LogP contribution < -0.4 is 5.32 Å². The predicted molar refractivity (Wildman–Crippen MR) is 92.5 cm³/mol. The van der Waals surface area contributed by atoms with E-state index >= 15 is 0 Å². The number of rotatable bonds is 5. The second-order valence-electron chi connectivity index (χ2n) is 6.37. The molecule has 1 atom stereocenters. The summed E-state index contributed by atoms with van der Waals surface area (Å²) in [5.74, 6) is -2.21. The van der Waals surface area contributed by atoms with Gasteiger partial charge in [0.2, 0.25) is 5.91 Å². The molecule has 138 valence electrons. The van der Waals surface area contributed by atoms with Gasteiger partial charge >= 0.3 is 0 Å². The van der Waals surface area contributed by atoms with Gasteiger partial charge in [0.1, 0.15) is 11.6 Å². The number of nitrogens with one attached hydrogen (secondary N) is 1. The fraction of sp³-hybridized carbons (Fsp3) is 0.368. The lowest BCUT2D eigenvalue weighted by atomic mass is 10.1. The molecule has 0 aliphatic carbocycles. The van der Waals surface area contributed by atoms with Crippen molar-refractivity contribution in [2.45, 2.75) is 32.4 Å².